The van der Waals surface area contributed by atoms with Crippen LogP contribution in [0.4, 0.5) is 0 Å². The Morgan fingerprint density at radius 3 is 1.93 bits per heavy atom. The molecular weight excluding hydrogens is 360 g/mol. The molecule has 0 saturated heterocycles. The predicted molar refractivity (Wildman–Crippen MR) is 129 cm³/mol. The van der Waals surface area contributed by atoms with Gasteiger partial charge in [0.15, 0.2) is 0 Å². The minimum absolute atomic E-state index is 0.337. The summed E-state index contributed by atoms with van der Waals surface area (Å²) in [6, 6.07) is 9.96. The highest BCUT2D eigenvalue weighted by molar-refractivity contribution is 5.53. The molecule has 2 unspecified atom stereocenters. The molecule has 1 spiro atoms. The minimum atomic E-state index is 0.337. The molecule has 2 aromatic rings. The van der Waals surface area contributed by atoms with E-state index in [1.54, 1.807) is 27.8 Å². The van der Waals surface area contributed by atoms with Gasteiger partial charge in [0.1, 0.15) is 0 Å². The second-order valence-electron chi connectivity index (χ2n) is 11.1. The average molecular weight is 401 g/mol. The number of rotatable bonds is 1. The zero-order valence-electron chi connectivity index (χ0n) is 20.0. The van der Waals surface area contributed by atoms with Gasteiger partial charge in [0, 0.05) is 5.41 Å². The predicted octanol–water partition coefficient (Wildman–Crippen LogP) is 8.11. The molecule has 0 heteroatoms. The van der Waals surface area contributed by atoms with Crippen molar-refractivity contribution in [1.29, 1.82) is 0 Å². The van der Waals surface area contributed by atoms with Crippen molar-refractivity contribution in [3.63, 3.8) is 0 Å². The van der Waals surface area contributed by atoms with Gasteiger partial charge in [0.05, 0.1) is 0 Å². The fraction of sp³-hybridized carbons (Fsp3) is 0.600. The molecule has 2 aromatic carbocycles. The standard InChI is InChI=1S/C30H40/c1-20-12-14-26(24(5)22(20)3)30-18-10-7-11-28(30)29(16-8-6-9-17-29)27-15-13-21(2)23(4)25(27)19-30/h12-15,28H,6-11,16-19H2,1-5H3. The van der Waals surface area contributed by atoms with Crippen molar-refractivity contribution in [3.8, 4) is 0 Å². The zero-order chi connectivity index (χ0) is 21.1. The summed E-state index contributed by atoms with van der Waals surface area (Å²) in [5.41, 5.74) is 13.6. The summed E-state index contributed by atoms with van der Waals surface area (Å²) in [6.45, 7) is 11.8. The van der Waals surface area contributed by atoms with E-state index < -0.39 is 0 Å². The molecule has 0 aliphatic heterocycles. The third-order valence-corrected chi connectivity index (χ3v) is 9.94. The van der Waals surface area contributed by atoms with Crippen molar-refractivity contribution in [2.24, 2.45) is 5.92 Å². The molecule has 5 rings (SSSR count). The molecule has 0 aromatic heterocycles. The van der Waals surface area contributed by atoms with Crippen LogP contribution in [0.5, 0.6) is 0 Å². The number of hydrogen-bond donors (Lipinski definition) is 0. The Labute approximate surface area is 184 Å². The minimum Gasteiger partial charge on any atom is -0.0587 e. The largest absolute Gasteiger partial charge is 0.0587 e. The lowest BCUT2D eigenvalue weighted by Crippen LogP contribution is -2.56. The highest BCUT2D eigenvalue weighted by Crippen LogP contribution is 2.63. The van der Waals surface area contributed by atoms with E-state index in [4.69, 9.17) is 0 Å². The lowest BCUT2D eigenvalue weighted by molar-refractivity contribution is 0.0476. The van der Waals surface area contributed by atoms with Gasteiger partial charge >= 0.3 is 0 Å². The Balaban J connectivity index is 1.80. The summed E-state index contributed by atoms with van der Waals surface area (Å²) in [5, 5.41) is 0. The number of fused-ring (bicyclic) bond motifs is 4. The summed E-state index contributed by atoms with van der Waals surface area (Å²) in [7, 11) is 0. The quantitative estimate of drug-likeness (QED) is 0.453. The van der Waals surface area contributed by atoms with Crippen molar-refractivity contribution < 1.29 is 0 Å². The molecule has 0 amide bonds. The first-order valence-corrected chi connectivity index (χ1v) is 12.6. The molecule has 0 N–H and O–H groups in total. The van der Waals surface area contributed by atoms with Crippen LogP contribution in [-0.2, 0) is 17.3 Å². The van der Waals surface area contributed by atoms with E-state index in [-0.39, 0.29) is 0 Å². The lowest BCUT2D eigenvalue weighted by atomic mass is 9.43. The maximum absolute atomic E-state index is 2.56. The van der Waals surface area contributed by atoms with Crippen LogP contribution in [0.15, 0.2) is 24.3 Å². The van der Waals surface area contributed by atoms with E-state index in [1.165, 1.54) is 80.9 Å². The van der Waals surface area contributed by atoms with Crippen molar-refractivity contribution in [3.05, 3.63) is 68.8 Å². The summed E-state index contributed by atoms with van der Waals surface area (Å²) in [4.78, 5) is 0. The summed E-state index contributed by atoms with van der Waals surface area (Å²) in [5.74, 6) is 0.814. The van der Waals surface area contributed by atoms with Crippen LogP contribution in [0.3, 0.4) is 0 Å². The number of hydrogen-bond acceptors (Lipinski definition) is 0. The van der Waals surface area contributed by atoms with Crippen molar-refractivity contribution >= 4 is 0 Å². The fourth-order valence-electron chi connectivity index (χ4n) is 8.04. The topological polar surface area (TPSA) is 0 Å². The first kappa shape index (κ1) is 20.3. The highest BCUT2D eigenvalue weighted by Gasteiger charge is 2.57. The molecule has 0 nitrogen and oxygen atoms in total. The van der Waals surface area contributed by atoms with E-state index in [0.29, 0.717) is 10.8 Å². The van der Waals surface area contributed by atoms with Crippen LogP contribution in [0.25, 0.3) is 0 Å². The van der Waals surface area contributed by atoms with Gasteiger partial charge in [-0.1, -0.05) is 56.4 Å². The van der Waals surface area contributed by atoms with E-state index in [9.17, 15) is 0 Å². The van der Waals surface area contributed by atoms with E-state index in [2.05, 4.69) is 58.9 Å². The zero-order valence-corrected chi connectivity index (χ0v) is 20.0. The van der Waals surface area contributed by atoms with Crippen LogP contribution >= 0.6 is 0 Å². The first-order valence-electron chi connectivity index (χ1n) is 12.6. The average Bonchev–Trinajstić information content (AvgIpc) is 2.76. The lowest BCUT2D eigenvalue weighted by Gasteiger charge is -2.60. The fourth-order valence-corrected chi connectivity index (χ4v) is 8.04. The normalized spacial score (nSPS) is 27.6. The third kappa shape index (κ3) is 2.71. The summed E-state index contributed by atoms with van der Waals surface area (Å²) in [6.07, 6.45) is 14.0. The van der Waals surface area contributed by atoms with Crippen molar-refractivity contribution in [2.75, 3.05) is 0 Å². The summed E-state index contributed by atoms with van der Waals surface area (Å²) < 4.78 is 0. The SMILES string of the molecule is Cc1ccc(C23CCCCC2C2(CCCCC2)c2ccc(C)c(C)c2C3)c(C)c1C. The number of benzene rings is 2. The van der Waals surface area contributed by atoms with E-state index in [0.717, 1.165) is 5.92 Å². The Morgan fingerprint density at radius 2 is 1.20 bits per heavy atom. The van der Waals surface area contributed by atoms with Gasteiger partial charge in [-0.15, -0.1) is 0 Å². The molecule has 0 radical (unpaired) electrons. The smallest absolute Gasteiger partial charge is 0.00330 e. The molecule has 2 atom stereocenters. The van der Waals surface area contributed by atoms with Gasteiger partial charge in [-0.2, -0.15) is 0 Å². The molecule has 2 saturated carbocycles. The van der Waals surface area contributed by atoms with Gasteiger partial charge in [-0.3, -0.25) is 0 Å². The van der Waals surface area contributed by atoms with Crippen molar-refractivity contribution in [2.45, 2.75) is 110 Å². The van der Waals surface area contributed by atoms with Gasteiger partial charge in [-0.05, 0) is 123 Å². The number of aryl methyl sites for hydroxylation is 2. The Kier molecular flexibility index (Phi) is 4.92. The maximum Gasteiger partial charge on any atom is 0.00330 e. The molecule has 30 heavy (non-hydrogen) atoms. The molecule has 0 bridgehead atoms. The molecule has 3 aliphatic carbocycles. The molecule has 0 heterocycles. The van der Waals surface area contributed by atoms with E-state index >= 15 is 0 Å². The molecule has 2 fully saturated rings. The van der Waals surface area contributed by atoms with E-state index in [1.807, 2.05) is 0 Å². The molecular formula is C30H40. The monoisotopic (exact) mass is 400 g/mol. The highest BCUT2D eigenvalue weighted by atomic mass is 14.6. The molecule has 160 valence electrons. The van der Waals surface area contributed by atoms with Crippen LogP contribution in [-0.4, -0.2) is 0 Å². The second kappa shape index (κ2) is 7.25. The van der Waals surface area contributed by atoms with Gasteiger partial charge in [0.25, 0.3) is 0 Å². The van der Waals surface area contributed by atoms with Crippen LogP contribution in [0.2, 0.25) is 0 Å². The summed E-state index contributed by atoms with van der Waals surface area (Å²) >= 11 is 0. The van der Waals surface area contributed by atoms with Crippen LogP contribution in [0.1, 0.15) is 102 Å². The van der Waals surface area contributed by atoms with Crippen LogP contribution in [0, 0.1) is 40.5 Å². The maximum atomic E-state index is 2.56. The van der Waals surface area contributed by atoms with Gasteiger partial charge < -0.3 is 0 Å². The Hall–Kier alpha value is -1.56. The third-order valence-electron chi connectivity index (χ3n) is 9.94. The Bertz CT molecular complexity index is 972. The molecule has 3 aliphatic rings. The Morgan fingerprint density at radius 1 is 0.600 bits per heavy atom. The van der Waals surface area contributed by atoms with Crippen molar-refractivity contribution in [1.82, 2.24) is 0 Å². The van der Waals surface area contributed by atoms with Crippen LogP contribution < -0.4 is 0 Å². The first-order chi connectivity index (χ1) is 14.4. The van der Waals surface area contributed by atoms with Gasteiger partial charge in [-0.25, -0.2) is 0 Å². The van der Waals surface area contributed by atoms with Gasteiger partial charge in [0.2, 0.25) is 0 Å². The second-order valence-corrected chi connectivity index (χ2v) is 11.1.